The molecule has 9 nitrogen and oxygen atoms in total. The highest BCUT2D eigenvalue weighted by atomic mass is 19.1. The number of nitrogens with zero attached hydrogens (tertiary/aromatic N) is 1. The van der Waals surface area contributed by atoms with Crippen molar-refractivity contribution in [3.05, 3.63) is 106 Å². The first kappa shape index (κ1) is 35.0. The third kappa shape index (κ3) is 10.3. The van der Waals surface area contributed by atoms with Crippen LogP contribution in [-0.2, 0) is 13.0 Å². The predicted octanol–water partition coefficient (Wildman–Crippen LogP) is 4.02. The Bertz CT molecular complexity index is 1500. The van der Waals surface area contributed by atoms with Crippen LogP contribution >= 0.6 is 0 Å². The van der Waals surface area contributed by atoms with E-state index in [1.807, 2.05) is 19.9 Å². The number of nitrogens with one attached hydrogen (secondary N) is 2. The quantitative estimate of drug-likeness (QED) is 0.178. The molecular weight excluding hydrogens is 582 g/mol. The van der Waals surface area contributed by atoms with Crippen molar-refractivity contribution in [2.75, 3.05) is 19.6 Å². The summed E-state index contributed by atoms with van der Waals surface area (Å²) in [6, 6.07) is 12.8. The third-order valence-corrected chi connectivity index (χ3v) is 7.18. The largest absolute Gasteiger partial charge is 0.390 e. The molecule has 45 heavy (non-hydrogen) atoms. The average molecular weight is 623 g/mol. The van der Waals surface area contributed by atoms with Crippen LogP contribution in [0.2, 0.25) is 0 Å². The summed E-state index contributed by atoms with van der Waals surface area (Å²) in [6.07, 6.45) is 0.0580. The Morgan fingerprint density at radius 1 is 0.844 bits per heavy atom. The first-order valence-corrected chi connectivity index (χ1v) is 14.9. The number of rotatable bonds is 16. The summed E-state index contributed by atoms with van der Waals surface area (Å²) in [7, 11) is 0. The van der Waals surface area contributed by atoms with Gasteiger partial charge in [-0.3, -0.25) is 19.2 Å². The van der Waals surface area contributed by atoms with Crippen molar-refractivity contribution in [3.8, 4) is 0 Å². The molecule has 2 atom stereocenters. The second-order valence-electron chi connectivity index (χ2n) is 11.0. The minimum atomic E-state index is -1.23. The number of amides is 3. The Hall–Kier alpha value is -4.48. The maximum absolute atomic E-state index is 14.0. The molecule has 3 aromatic rings. The molecule has 0 saturated carbocycles. The van der Waals surface area contributed by atoms with Crippen molar-refractivity contribution < 1.29 is 33.1 Å². The van der Waals surface area contributed by atoms with Gasteiger partial charge in [-0.2, -0.15) is 0 Å². The molecule has 3 amide bonds. The summed E-state index contributed by atoms with van der Waals surface area (Å²) in [5.74, 6) is -3.62. The standard InChI is InChI=1S/C34H40F2N4O5/c1-4-9-40(10-5-2)34(45)27-16-25(32(37)43)15-26(17-27)33(44)39-30(14-23-12-28(35)18-29(36)13-23)31(42)20-38-19-22-7-6-8-24(11-22)21(3)41/h6-8,11-13,15-18,30-31,38,42H,4-5,9-10,14,19-20H2,1-3H3,(H2,37,43)(H,39,44)/t30-,31+/m0/s1. The van der Waals surface area contributed by atoms with Gasteiger partial charge in [-0.1, -0.05) is 32.0 Å². The molecule has 0 unspecified atom stereocenters. The highest BCUT2D eigenvalue weighted by Gasteiger charge is 2.25. The molecule has 0 aromatic heterocycles. The van der Waals surface area contributed by atoms with Crippen LogP contribution in [0.1, 0.15) is 86.2 Å². The number of carbonyl (C=O) groups is 4. The van der Waals surface area contributed by atoms with Crippen LogP contribution < -0.4 is 16.4 Å². The van der Waals surface area contributed by atoms with Crippen LogP contribution in [0.3, 0.4) is 0 Å². The normalized spacial score (nSPS) is 12.3. The summed E-state index contributed by atoms with van der Waals surface area (Å²) < 4.78 is 28.0. The van der Waals surface area contributed by atoms with E-state index in [0.717, 1.165) is 23.8 Å². The molecule has 0 bridgehead atoms. The Balaban J connectivity index is 1.87. The fourth-order valence-electron chi connectivity index (χ4n) is 4.99. The van der Waals surface area contributed by atoms with Crippen molar-refractivity contribution >= 4 is 23.5 Å². The van der Waals surface area contributed by atoms with Crippen molar-refractivity contribution in [1.82, 2.24) is 15.5 Å². The molecule has 3 aromatic carbocycles. The zero-order chi connectivity index (χ0) is 33.1. The van der Waals surface area contributed by atoms with Gasteiger partial charge in [0.05, 0.1) is 12.1 Å². The fourth-order valence-corrected chi connectivity index (χ4v) is 4.99. The lowest BCUT2D eigenvalue weighted by Crippen LogP contribution is -2.48. The first-order valence-electron chi connectivity index (χ1n) is 14.9. The molecule has 11 heteroatoms. The molecular formula is C34H40F2N4O5. The van der Waals surface area contributed by atoms with Crippen LogP contribution in [-0.4, -0.2) is 65.3 Å². The van der Waals surface area contributed by atoms with Crippen molar-refractivity contribution in [2.45, 2.75) is 58.7 Å². The van der Waals surface area contributed by atoms with Gasteiger partial charge in [0.15, 0.2) is 5.78 Å². The van der Waals surface area contributed by atoms with E-state index in [1.165, 1.54) is 25.1 Å². The molecule has 0 aliphatic heterocycles. The zero-order valence-electron chi connectivity index (χ0n) is 25.7. The summed E-state index contributed by atoms with van der Waals surface area (Å²) in [6.45, 7) is 6.57. The van der Waals surface area contributed by atoms with Gasteiger partial charge in [-0.05, 0) is 73.7 Å². The number of hydrogen-bond acceptors (Lipinski definition) is 6. The summed E-state index contributed by atoms with van der Waals surface area (Å²) in [4.78, 5) is 52.3. The Morgan fingerprint density at radius 3 is 2.07 bits per heavy atom. The van der Waals surface area contributed by atoms with E-state index < -0.39 is 35.6 Å². The maximum Gasteiger partial charge on any atom is 0.253 e. The molecule has 0 aliphatic carbocycles. The van der Waals surface area contributed by atoms with Gasteiger partial charge in [0.1, 0.15) is 11.6 Å². The van der Waals surface area contributed by atoms with Gasteiger partial charge in [-0.15, -0.1) is 0 Å². The SMILES string of the molecule is CCCN(CCC)C(=O)c1cc(C(N)=O)cc(C(=O)N[C@@H](Cc2cc(F)cc(F)c2)[C@H](O)CNCc2cccc(C(C)=O)c2)c1. The van der Waals surface area contributed by atoms with E-state index in [1.54, 1.807) is 23.1 Å². The van der Waals surface area contributed by atoms with E-state index in [-0.39, 0.29) is 46.9 Å². The van der Waals surface area contributed by atoms with Crippen LogP contribution in [0.4, 0.5) is 8.78 Å². The van der Waals surface area contributed by atoms with Gasteiger partial charge in [0, 0.05) is 54.5 Å². The number of benzene rings is 3. The summed E-state index contributed by atoms with van der Waals surface area (Å²) >= 11 is 0. The summed E-state index contributed by atoms with van der Waals surface area (Å²) in [5, 5.41) is 16.9. The smallest absolute Gasteiger partial charge is 0.253 e. The third-order valence-electron chi connectivity index (χ3n) is 7.18. The first-order chi connectivity index (χ1) is 21.4. The number of hydrogen-bond donors (Lipinski definition) is 4. The molecule has 3 rings (SSSR count). The van der Waals surface area contributed by atoms with E-state index >= 15 is 0 Å². The van der Waals surface area contributed by atoms with Gasteiger partial charge < -0.3 is 26.4 Å². The molecule has 0 spiro atoms. The number of primary amides is 1. The number of halogens is 2. The van der Waals surface area contributed by atoms with E-state index in [9.17, 15) is 33.1 Å². The number of ketones is 1. The van der Waals surface area contributed by atoms with Crippen LogP contribution in [0.5, 0.6) is 0 Å². The topological polar surface area (TPSA) is 142 Å². The number of nitrogens with two attached hydrogens (primary N) is 1. The molecule has 0 radical (unpaired) electrons. The minimum absolute atomic E-state index is 0.0267. The van der Waals surface area contributed by atoms with E-state index in [4.69, 9.17) is 5.73 Å². The van der Waals surface area contributed by atoms with Gasteiger partial charge in [0.2, 0.25) is 5.91 Å². The number of Topliss-reactive ketones (excluding diaryl/α,β-unsaturated/α-hetero) is 1. The van der Waals surface area contributed by atoms with E-state index in [2.05, 4.69) is 10.6 Å². The van der Waals surface area contributed by atoms with Crippen molar-refractivity contribution in [1.29, 1.82) is 0 Å². The monoisotopic (exact) mass is 622 g/mol. The Morgan fingerprint density at radius 2 is 1.47 bits per heavy atom. The van der Waals surface area contributed by atoms with Crippen LogP contribution in [0.25, 0.3) is 0 Å². The molecule has 240 valence electrons. The summed E-state index contributed by atoms with van der Waals surface area (Å²) in [5.41, 5.74) is 7.07. The van der Waals surface area contributed by atoms with Gasteiger partial charge in [-0.25, -0.2) is 8.78 Å². The molecule has 0 aliphatic rings. The number of aliphatic hydroxyl groups is 1. The van der Waals surface area contributed by atoms with Crippen molar-refractivity contribution in [3.63, 3.8) is 0 Å². The minimum Gasteiger partial charge on any atom is -0.390 e. The van der Waals surface area contributed by atoms with Crippen LogP contribution in [0.15, 0.2) is 60.7 Å². The lowest BCUT2D eigenvalue weighted by atomic mass is 9.99. The highest BCUT2D eigenvalue weighted by Crippen LogP contribution is 2.17. The number of aliphatic hydroxyl groups excluding tert-OH is 1. The highest BCUT2D eigenvalue weighted by molar-refractivity contribution is 6.04. The molecule has 0 fully saturated rings. The molecule has 0 saturated heterocycles. The molecule has 0 heterocycles. The maximum atomic E-state index is 14.0. The second-order valence-corrected chi connectivity index (χ2v) is 11.0. The Kier molecular flexibility index (Phi) is 12.9. The van der Waals surface area contributed by atoms with Gasteiger partial charge in [0.25, 0.3) is 11.8 Å². The fraction of sp³-hybridized carbons (Fsp3) is 0.353. The molecule has 5 N–H and O–H groups in total. The Labute approximate surface area is 261 Å². The average Bonchev–Trinajstić information content (AvgIpc) is 2.99. The zero-order valence-corrected chi connectivity index (χ0v) is 25.7. The second kappa shape index (κ2) is 16.6. The lowest BCUT2D eigenvalue weighted by molar-refractivity contribution is 0.0755. The lowest BCUT2D eigenvalue weighted by Gasteiger charge is -2.25. The predicted molar refractivity (Wildman–Crippen MR) is 167 cm³/mol. The van der Waals surface area contributed by atoms with E-state index in [0.29, 0.717) is 38.0 Å². The van der Waals surface area contributed by atoms with Crippen molar-refractivity contribution in [2.24, 2.45) is 5.73 Å². The number of carbonyl (C=O) groups excluding carboxylic acids is 4. The van der Waals surface area contributed by atoms with Crippen LogP contribution in [0, 0.1) is 11.6 Å². The van der Waals surface area contributed by atoms with Gasteiger partial charge >= 0.3 is 0 Å².